The molecule has 0 bridgehead atoms. The number of amides is 1. The fourth-order valence-electron chi connectivity index (χ4n) is 2.36. The average Bonchev–Trinajstić information content (AvgIpc) is 2.97. The number of pyridine rings is 1. The van der Waals surface area contributed by atoms with Crippen LogP contribution in [0.3, 0.4) is 0 Å². The van der Waals surface area contributed by atoms with E-state index in [-0.39, 0.29) is 12.5 Å². The van der Waals surface area contributed by atoms with Gasteiger partial charge < -0.3 is 14.5 Å². The van der Waals surface area contributed by atoms with E-state index in [2.05, 4.69) is 10.3 Å². The first kappa shape index (κ1) is 17.6. The Bertz CT molecular complexity index is 891. The van der Waals surface area contributed by atoms with Crippen molar-refractivity contribution in [3.63, 3.8) is 0 Å². The summed E-state index contributed by atoms with van der Waals surface area (Å²) in [4.78, 5) is 16.3. The first-order valence-corrected chi connectivity index (χ1v) is 8.55. The van der Waals surface area contributed by atoms with Crippen molar-refractivity contribution in [3.05, 3.63) is 64.0 Å². The zero-order valence-corrected chi connectivity index (χ0v) is 15.1. The number of rotatable bonds is 6. The fraction of sp³-hybridized carbons (Fsp3) is 0.222. The molecule has 2 aromatic heterocycles. The van der Waals surface area contributed by atoms with Crippen LogP contribution in [0.4, 0.5) is 0 Å². The highest BCUT2D eigenvalue weighted by atomic mass is 35.5. The van der Waals surface area contributed by atoms with Gasteiger partial charge >= 0.3 is 0 Å². The first-order chi connectivity index (χ1) is 12.0. The number of nitrogens with zero attached hydrogens (tertiary/aromatic N) is 2. The van der Waals surface area contributed by atoms with Gasteiger partial charge in [0.05, 0.1) is 15.7 Å². The molecule has 0 atom stereocenters. The predicted octanol–water partition coefficient (Wildman–Crippen LogP) is 3.69. The molecule has 1 amide bonds. The van der Waals surface area contributed by atoms with Crippen LogP contribution in [0.5, 0.6) is 5.75 Å². The maximum atomic E-state index is 11.8. The van der Waals surface area contributed by atoms with Gasteiger partial charge in [-0.25, -0.2) is 4.98 Å². The summed E-state index contributed by atoms with van der Waals surface area (Å²) in [7, 11) is 0. The molecule has 0 saturated carbocycles. The van der Waals surface area contributed by atoms with Crippen LogP contribution in [0.25, 0.3) is 5.65 Å². The lowest BCUT2D eigenvalue weighted by molar-refractivity contribution is -0.123. The molecule has 0 aliphatic carbocycles. The molecule has 25 heavy (non-hydrogen) atoms. The number of hydrogen-bond acceptors (Lipinski definition) is 3. The Morgan fingerprint density at radius 2 is 2.00 bits per heavy atom. The number of ether oxygens (including phenoxy) is 1. The minimum absolute atomic E-state index is 0.0182. The van der Waals surface area contributed by atoms with E-state index in [9.17, 15) is 4.79 Å². The maximum Gasteiger partial charge on any atom is 0.257 e. The number of nitrogens with one attached hydrogen (secondary N) is 1. The Balaban J connectivity index is 1.48. The molecule has 0 fully saturated rings. The average molecular weight is 378 g/mol. The van der Waals surface area contributed by atoms with Gasteiger partial charge in [0.25, 0.3) is 5.91 Å². The van der Waals surface area contributed by atoms with Crippen LogP contribution in [0, 0.1) is 6.92 Å². The van der Waals surface area contributed by atoms with Gasteiger partial charge in [-0.1, -0.05) is 40.9 Å². The van der Waals surface area contributed by atoms with Crippen molar-refractivity contribution in [1.82, 2.24) is 14.7 Å². The number of hydrogen-bond donors (Lipinski definition) is 1. The third-order valence-electron chi connectivity index (χ3n) is 3.62. The van der Waals surface area contributed by atoms with Gasteiger partial charge in [-0.2, -0.15) is 0 Å². The van der Waals surface area contributed by atoms with E-state index in [0.717, 1.165) is 11.3 Å². The van der Waals surface area contributed by atoms with Crippen molar-refractivity contribution in [2.75, 3.05) is 13.2 Å². The molecule has 1 aromatic carbocycles. The lowest BCUT2D eigenvalue weighted by Gasteiger charge is -2.07. The summed E-state index contributed by atoms with van der Waals surface area (Å²) in [6.45, 7) is 2.44. The molecule has 0 spiro atoms. The molecule has 7 heteroatoms. The van der Waals surface area contributed by atoms with Crippen molar-refractivity contribution in [3.8, 4) is 5.75 Å². The molecule has 5 nitrogen and oxygen atoms in total. The summed E-state index contributed by atoms with van der Waals surface area (Å²) in [5, 5.41) is 3.85. The molecule has 0 aliphatic rings. The Morgan fingerprint density at radius 1 is 1.24 bits per heavy atom. The zero-order valence-electron chi connectivity index (χ0n) is 13.6. The fourth-order valence-corrected chi connectivity index (χ4v) is 2.89. The standard InChI is InChI=1S/C18H17Cl2N3O2/c1-12-2-4-15(5-3-12)25-11-17(24)21-7-6-14-10-23-9-13(19)8-16(20)18(23)22-14/h2-5,8-10H,6-7,11H2,1H3,(H,21,24). The number of imidazole rings is 1. The number of carbonyl (C=O) groups is 1. The Kier molecular flexibility index (Phi) is 5.46. The van der Waals surface area contributed by atoms with E-state index in [1.165, 1.54) is 0 Å². The van der Waals surface area contributed by atoms with Crippen molar-refractivity contribution in [1.29, 1.82) is 0 Å². The van der Waals surface area contributed by atoms with Gasteiger partial charge in [-0.15, -0.1) is 0 Å². The summed E-state index contributed by atoms with van der Waals surface area (Å²) >= 11 is 12.1. The van der Waals surface area contributed by atoms with E-state index in [0.29, 0.717) is 34.4 Å². The lowest BCUT2D eigenvalue weighted by atomic mass is 10.2. The van der Waals surface area contributed by atoms with Gasteiger partial charge in [-0.3, -0.25) is 4.79 Å². The summed E-state index contributed by atoms with van der Waals surface area (Å²) < 4.78 is 7.22. The monoisotopic (exact) mass is 377 g/mol. The minimum Gasteiger partial charge on any atom is -0.484 e. The number of aryl methyl sites for hydroxylation is 1. The quantitative estimate of drug-likeness (QED) is 0.712. The van der Waals surface area contributed by atoms with Crippen LogP contribution < -0.4 is 10.1 Å². The Morgan fingerprint density at radius 3 is 2.76 bits per heavy atom. The second-order valence-corrected chi connectivity index (χ2v) is 6.51. The van der Waals surface area contributed by atoms with E-state index in [4.69, 9.17) is 27.9 Å². The minimum atomic E-state index is -0.176. The summed E-state index contributed by atoms with van der Waals surface area (Å²) in [5.41, 5.74) is 2.62. The largest absolute Gasteiger partial charge is 0.484 e. The second-order valence-electron chi connectivity index (χ2n) is 5.67. The van der Waals surface area contributed by atoms with E-state index in [1.54, 1.807) is 16.7 Å². The lowest BCUT2D eigenvalue weighted by Crippen LogP contribution is -2.30. The van der Waals surface area contributed by atoms with Crippen LogP contribution in [-0.4, -0.2) is 28.4 Å². The van der Waals surface area contributed by atoms with Gasteiger partial charge in [0, 0.05) is 25.4 Å². The SMILES string of the molecule is Cc1ccc(OCC(=O)NCCc2cn3cc(Cl)cc(Cl)c3n2)cc1. The van der Waals surface area contributed by atoms with Crippen LogP contribution in [-0.2, 0) is 11.2 Å². The third-order valence-corrected chi connectivity index (χ3v) is 4.10. The van der Waals surface area contributed by atoms with Crippen LogP contribution >= 0.6 is 23.2 Å². The van der Waals surface area contributed by atoms with Crippen molar-refractivity contribution < 1.29 is 9.53 Å². The normalized spacial score (nSPS) is 10.8. The second kappa shape index (κ2) is 7.76. The predicted molar refractivity (Wildman–Crippen MR) is 98.6 cm³/mol. The number of aromatic nitrogens is 2. The smallest absolute Gasteiger partial charge is 0.257 e. The maximum absolute atomic E-state index is 11.8. The van der Waals surface area contributed by atoms with Crippen LogP contribution in [0.15, 0.2) is 42.7 Å². The van der Waals surface area contributed by atoms with Gasteiger partial charge in [0.1, 0.15) is 5.75 Å². The molecule has 0 radical (unpaired) electrons. The topological polar surface area (TPSA) is 55.6 Å². The number of benzene rings is 1. The summed E-state index contributed by atoms with van der Waals surface area (Å²) in [6.07, 6.45) is 4.18. The molecule has 0 saturated heterocycles. The van der Waals surface area contributed by atoms with Gasteiger partial charge in [-0.05, 0) is 25.1 Å². The number of halogens is 2. The summed E-state index contributed by atoms with van der Waals surface area (Å²) in [5.74, 6) is 0.498. The van der Waals surface area contributed by atoms with Crippen LogP contribution in [0.2, 0.25) is 10.0 Å². The van der Waals surface area contributed by atoms with Gasteiger partial charge in [0.2, 0.25) is 0 Å². The molecule has 0 unspecified atom stereocenters. The molecular formula is C18H17Cl2N3O2. The third kappa shape index (κ3) is 4.65. The first-order valence-electron chi connectivity index (χ1n) is 7.80. The Hall–Kier alpha value is -2.24. The molecule has 1 N–H and O–H groups in total. The molecule has 130 valence electrons. The van der Waals surface area contributed by atoms with E-state index >= 15 is 0 Å². The van der Waals surface area contributed by atoms with E-state index < -0.39 is 0 Å². The highest BCUT2D eigenvalue weighted by Gasteiger charge is 2.08. The van der Waals surface area contributed by atoms with E-state index in [1.807, 2.05) is 37.4 Å². The highest BCUT2D eigenvalue weighted by molar-refractivity contribution is 6.36. The number of fused-ring (bicyclic) bond motifs is 1. The Labute approximate surface area is 155 Å². The molecule has 3 rings (SSSR count). The molecule has 0 aliphatic heterocycles. The van der Waals surface area contributed by atoms with Crippen molar-refractivity contribution >= 4 is 34.8 Å². The highest BCUT2D eigenvalue weighted by Crippen LogP contribution is 2.21. The van der Waals surface area contributed by atoms with Crippen molar-refractivity contribution in [2.24, 2.45) is 0 Å². The van der Waals surface area contributed by atoms with Crippen molar-refractivity contribution in [2.45, 2.75) is 13.3 Å². The van der Waals surface area contributed by atoms with Gasteiger partial charge in [0.15, 0.2) is 12.3 Å². The molecule has 2 heterocycles. The zero-order chi connectivity index (χ0) is 17.8. The number of carbonyl (C=O) groups excluding carboxylic acids is 1. The molecule has 3 aromatic rings. The van der Waals surface area contributed by atoms with Crippen LogP contribution in [0.1, 0.15) is 11.3 Å². The summed E-state index contributed by atoms with van der Waals surface area (Å²) in [6, 6.07) is 9.21. The molecular weight excluding hydrogens is 361 g/mol.